The maximum atomic E-state index is 6.31. The van der Waals surface area contributed by atoms with Crippen LogP contribution in [0.1, 0.15) is 26.7 Å². The predicted molar refractivity (Wildman–Crippen MR) is 88.2 cm³/mol. The number of para-hydroxylation sites is 1. The van der Waals surface area contributed by atoms with Crippen molar-refractivity contribution in [2.45, 2.75) is 26.7 Å². The molecule has 1 aliphatic heterocycles. The molecule has 0 aromatic heterocycles. The number of hydrogen-bond acceptors (Lipinski definition) is 2. The van der Waals surface area contributed by atoms with Crippen LogP contribution in [-0.2, 0) is 0 Å². The molecule has 0 atom stereocenters. The minimum absolute atomic E-state index is 0.754. The van der Waals surface area contributed by atoms with E-state index in [4.69, 9.17) is 11.6 Å². The Kier molecular flexibility index (Phi) is 5.27. The lowest BCUT2D eigenvalue weighted by atomic mass is 10.2. The van der Waals surface area contributed by atoms with Gasteiger partial charge in [-0.05, 0) is 51.9 Å². The molecule has 0 bridgehead atoms. The van der Waals surface area contributed by atoms with Gasteiger partial charge >= 0.3 is 0 Å². The number of benzene rings is 1. The fraction of sp³-hybridized carbons (Fsp3) is 0.412. The van der Waals surface area contributed by atoms with Crippen LogP contribution in [0.25, 0.3) is 0 Å². The van der Waals surface area contributed by atoms with Crippen molar-refractivity contribution < 1.29 is 0 Å². The van der Waals surface area contributed by atoms with Gasteiger partial charge in [0.15, 0.2) is 0 Å². The van der Waals surface area contributed by atoms with E-state index < -0.39 is 0 Å². The van der Waals surface area contributed by atoms with Crippen molar-refractivity contribution in [2.24, 2.45) is 0 Å². The highest BCUT2D eigenvalue weighted by Gasteiger charge is 2.14. The van der Waals surface area contributed by atoms with Crippen LogP contribution in [0.15, 0.2) is 48.3 Å². The molecule has 0 N–H and O–H groups in total. The molecule has 1 heterocycles. The van der Waals surface area contributed by atoms with E-state index in [9.17, 15) is 0 Å². The molecular formula is C17H23ClN2. The van der Waals surface area contributed by atoms with E-state index >= 15 is 0 Å². The highest BCUT2D eigenvalue weighted by Crippen LogP contribution is 2.30. The Hall–Kier alpha value is -1.25. The number of anilines is 1. The molecule has 2 rings (SSSR count). The van der Waals surface area contributed by atoms with Crippen molar-refractivity contribution in [3.8, 4) is 0 Å². The summed E-state index contributed by atoms with van der Waals surface area (Å²) in [6.45, 7) is 11.6. The summed E-state index contributed by atoms with van der Waals surface area (Å²) in [5.74, 6) is 0. The maximum Gasteiger partial charge on any atom is 0.0646 e. The van der Waals surface area contributed by atoms with E-state index in [0.29, 0.717) is 0 Å². The summed E-state index contributed by atoms with van der Waals surface area (Å²) in [5.41, 5.74) is 3.16. The van der Waals surface area contributed by atoms with E-state index in [1.54, 1.807) is 0 Å². The van der Waals surface area contributed by atoms with Gasteiger partial charge in [0.1, 0.15) is 0 Å². The van der Waals surface area contributed by atoms with Gasteiger partial charge in [-0.1, -0.05) is 36.4 Å². The Bertz CT molecular complexity index is 501. The van der Waals surface area contributed by atoms with Crippen LogP contribution in [-0.4, -0.2) is 24.5 Å². The van der Waals surface area contributed by atoms with Crippen LogP contribution in [0.4, 0.5) is 5.69 Å². The van der Waals surface area contributed by atoms with Gasteiger partial charge in [0.05, 0.1) is 10.7 Å². The van der Waals surface area contributed by atoms with E-state index in [1.165, 1.54) is 31.6 Å². The lowest BCUT2D eigenvalue weighted by molar-refractivity contribution is 0.376. The lowest BCUT2D eigenvalue weighted by Crippen LogP contribution is -2.23. The fourth-order valence-corrected chi connectivity index (χ4v) is 2.87. The van der Waals surface area contributed by atoms with Crippen LogP contribution in [0.5, 0.6) is 0 Å². The van der Waals surface area contributed by atoms with E-state index in [1.807, 2.05) is 31.2 Å². The molecular weight excluding hydrogens is 268 g/mol. The Morgan fingerprint density at radius 1 is 1.30 bits per heavy atom. The van der Waals surface area contributed by atoms with E-state index in [2.05, 4.69) is 29.4 Å². The SMILES string of the molecule is C=C(C)N(/C(C)=C\CN1CCCC1)c1ccccc1Cl. The van der Waals surface area contributed by atoms with Gasteiger partial charge in [0.25, 0.3) is 0 Å². The molecule has 0 unspecified atom stereocenters. The molecule has 0 aliphatic carbocycles. The molecule has 0 spiro atoms. The predicted octanol–water partition coefficient (Wildman–Crippen LogP) is 4.68. The standard InChI is InChI=1S/C17H23ClN2/c1-14(2)20(17-9-5-4-8-16(17)18)15(3)10-13-19-11-6-7-12-19/h4-5,8-10H,1,6-7,11-13H2,2-3H3/b15-10-. The third kappa shape index (κ3) is 3.65. The third-order valence-corrected chi connectivity index (χ3v) is 3.99. The van der Waals surface area contributed by atoms with Crippen LogP contribution in [0.3, 0.4) is 0 Å². The second-order valence-corrected chi connectivity index (χ2v) is 5.78. The molecule has 0 radical (unpaired) electrons. The monoisotopic (exact) mass is 290 g/mol. The van der Waals surface area contributed by atoms with Gasteiger partial charge in [-0.2, -0.15) is 0 Å². The first-order valence-electron chi connectivity index (χ1n) is 7.19. The van der Waals surface area contributed by atoms with Gasteiger partial charge in [0, 0.05) is 17.9 Å². The summed E-state index contributed by atoms with van der Waals surface area (Å²) in [6, 6.07) is 7.90. The Morgan fingerprint density at radius 3 is 2.55 bits per heavy atom. The first kappa shape index (κ1) is 15.1. The van der Waals surface area contributed by atoms with E-state index in [0.717, 1.165) is 23.0 Å². The topological polar surface area (TPSA) is 6.48 Å². The number of likely N-dealkylation sites (tertiary alicyclic amines) is 1. The molecule has 20 heavy (non-hydrogen) atoms. The van der Waals surface area contributed by atoms with Crippen LogP contribution >= 0.6 is 11.6 Å². The molecule has 1 aliphatic rings. The van der Waals surface area contributed by atoms with Gasteiger partial charge in [-0.3, -0.25) is 4.90 Å². The highest BCUT2D eigenvalue weighted by molar-refractivity contribution is 6.33. The number of hydrogen-bond donors (Lipinski definition) is 0. The maximum absolute atomic E-state index is 6.31. The Morgan fingerprint density at radius 2 is 1.95 bits per heavy atom. The third-order valence-electron chi connectivity index (χ3n) is 3.67. The van der Waals surface area contributed by atoms with Crippen molar-refractivity contribution in [3.05, 3.63) is 53.3 Å². The zero-order valence-electron chi connectivity index (χ0n) is 12.4. The summed E-state index contributed by atoms with van der Waals surface area (Å²) < 4.78 is 0. The first-order chi connectivity index (χ1) is 9.59. The molecule has 0 amide bonds. The second kappa shape index (κ2) is 6.96. The second-order valence-electron chi connectivity index (χ2n) is 5.38. The molecule has 2 nitrogen and oxygen atoms in total. The molecule has 1 saturated heterocycles. The first-order valence-corrected chi connectivity index (χ1v) is 7.56. The van der Waals surface area contributed by atoms with Crippen LogP contribution in [0, 0.1) is 0 Å². The van der Waals surface area contributed by atoms with Crippen molar-refractivity contribution >= 4 is 17.3 Å². The van der Waals surface area contributed by atoms with Crippen molar-refractivity contribution in [1.82, 2.24) is 4.90 Å². The fourth-order valence-electron chi connectivity index (χ4n) is 2.65. The summed E-state index contributed by atoms with van der Waals surface area (Å²) in [4.78, 5) is 4.60. The Labute approximate surface area is 127 Å². The summed E-state index contributed by atoms with van der Waals surface area (Å²) in [5, 5.41) is 0.754. The molecule has 1 aromatic carbocycles. The van der Waals surface area contributed by atoms with Crippen LogP contribution < -0.4 is 4.90 Å². The molecule has 108 valence electrons. The van der Waals surface area contributed by atoms with Crippen molar-refractivity contribution in [3.63, 3.8) is 0 Å². The summed E-state index contributed by atoms with van der Waals surface area (Å²) >= 11 is 6.31. The molecule has 3 heteroatoms. The Balaban J connectivity index is 2.17. The quantitative estimate of drug-likeness (QED) is 0.777. The lowest BCUT2D eigenvalue weighted by Gasteiger charge is -2.27. The number of halogens is 1. The zero-order chi connectivity index (χ0) is 14.5. The number of rotatable bonds is 5. The molecule has 0 saturated carbocycles. The minimum Gasteiger partial charge on any atom is -0.318 e. The smallest absolute Gasteiger partial charge is 0.0646 e. The van der Waals surface area contributed by atoms with E-state index in [-0.39, 0.29) is 0 Å². The van der Waals surface area contributed by atoms with Gasteiger partial charge in [0.2, 0.25) is 0 Å². The average Bonchev–Trinajstić information content (AvgIpc) is 2.92. The van der Waals surface area contributed by atoms with Gasteiger partial charge < -0.3 is 4.90 Å². The van der Waals surface area contributed by atoms with Crippen molar-refractivity contribution in [1.29, 1.82) is 0 Å². The van der Waals surface area contributed by atoms with Gasteiger partial charge in [-0.25, -0.2) is 0 Å². The largest absolute Gasteiger partial charge is 0.318 e. The highest BCUT2D eigenvalue weighted by atomic mass is 35.5. The normalized spacial score (nSPS) is 16.4. The average molecular weight is 291 g/mol. The van der Waals surface area contributed by atoms with Crippen LogP contribution in [0.2, 0.25) is 5.02 Å². The number of allylic oxidation sites excluding steroid dienone is 2. The van der Waals surface area contributed by atoms with Gasteiger partial charge in [-0.15, -0.1) is 0 Å². The molecule has 1 fully saturated rings. The minimum atomic E-state index is 0.754. The summed E-state index contributed by atoms with van der Waals surface area (Å²) in [7, 11) is 0. The number of nitrogens with zero attached hydrogens (tertiary/aromatic N) is 2. The zero-order valence-corrected chi connectivity index (χ0v) is 13.2. The molecule has 1 aromatic rings. The summed E-state index contributed by atoms with van der Waals surface area (Å²) in [6.07, 6.45) is 4.91. The van der Waals surface area contributed by atoms with Crippen molar-refractivity contribution in [2.75, 3.05) is 24.5 Å².